The van der Waals surface area contributed by atoms with Gasteiger partial charge in [-0.25, -0.2) is 0 Å². The van der Waals surface area contributed by atoms with Crippen LogP contribution in [0, 0.1) is 0 Å². The molecule has 0 nitrogen and oxygen atoms in total. The molecular weight excluding hydrogens is 120 g/mol. The Morgan fingerprint density at radius 3 is 2.60 bits per heavy atom. The van der Waals surface area contributed by atoms with Crippen LogP contribution >= 0.6 is 0 Å². The molecule has 0 aromatic heterocycles. The molecular formula is C10H18. The second-order valence-electron chi connectivity index (χ2n) is 2.62. The lowest BCUT2D eigenvalue weighted by molar-refractivity contribution is 0.815. The highest BCUT2D eigenvalue weighted by atomic mass is 13.8. The van der Waals surface area contributed by atoms with E-state index < -0.39 is 0 Å². The van der Waals surface area contributed by atoms with Crippen LogP contribution in [-0.4, -0.2) is 0 Å². The molecule has 0 aliphatic rings. The van der Waals surface area contributed by atoms with Gasteiger partial charge in [0.2, 0.25) is 0 Å². The standard InChI is InChI=1S/C10H18/c1-4-6-7-8-9-10(3)5-2/h8H,4-7H2,1-3H3. The van der Waals surface area contributed by atoms with Crippen molar-refractivity contribution in [3.05, 3.63) is 17.4 Å². The first-order valence-corrected chi connectivity index (χ1v) is 4.21. The summed E-state index contributed by atoms with van der Waals surface area (Å²) in [6, 6.07) is 0. The van der Waals surface area contributed by atoms with Crippen LogP contribution in [0.2, 0.25) is 0 Å². The maximum atomic E-state index is 3.26. The maximum absolute atomic E-state index is 3.26. The van der Waals surface area contributed by atoms with E-state index in [2.05, 4.69) is 32.6 Å². The molecule has 0 unspecified atom stereocenters. The minimum Gasteiger partial charge on any atom is -0.126 e. The summed E-state index contributed by atoms with van der Waals surface area (Å²) in [5.41, 5.74) is 4.62. The molecule has 0 saturated heterocycles. The van der Waals surface area contributed by atoms with E-state index >= 15 is 0 Å². The second-order valence-corrected chi connectivity index (χ2v) is 2.62. The summed E-state index contributed by atoms with van der Waals surface area (Å²) in [6.07, 6.45) is 7.05. The van der Waals surface area contributed by atoms with Gasteiger partial charge in [0, 0.05) is 0 Å². The Morgan fingerprint density at radius 2 is 2.10 bits per heavy atom. The number of hydrogen-bond donors (Lipinski definition) is 0. The number of allylic oxidation sites excluding steroid dienone is 1. The zero-order chi connectivity index (χ0) is 7.82. The van der Waals surface area contributed by atoms with E-state index in [-0.39, 0.29) is 0 Å². The Kier molecular flexibility index (Phi) is 6.32. The highest BCUT2D eigenvalue weighted by Gasteiger charge is 1.78. The van der Waals surface area contributed by atoms with Gasteiger partial charge in [-0.1, -0.05) is 20.3 Å². The Balaban J connectivity index is 3.52. The van der Waals surface area contributed by atoms with Crippen molar-refractivity contribution >= 4 is 0 Å². The molecule has 0 aliphatic carbocycles. The van der Waals surface area contributed by atoms with Gasteiger partial charge in [0.15, 0.2) is 0 Å². The van der Waals surface area contributed by atoms with E-state index in [0.717, 1.165) is 6.42 Å². The van der Waals surface area contributed by atoms with E-state index in [4.69, 9.17) is 0 Å². The summed E-state index contributed by atoms with van der Waals surface area (Å²) in [6.45, 7) is 6.50. The molecule has 0 radical (unpaired) electrons. The molecule has 0 spiro atoms. The second kappa shape index (κ2) is 6.64. The SMILES string of the molecule is CCCCC=C=C(C)CC. The smallest absolute Gasteiger partial charge is 0.0274 e. The van der Waals surface area contributed by atoms with Crippen molar-refractivity contribution < 1.29 is 0 Å². The summed E-state index contributed by atoms with van der Waals surface area (Å²) >= 11 is 0. The van der Waals surface area contributed by atoms with E-state index in [1.165, 1.54) is 24.8 Å². The fraction of sp³-hybridized carbons (Fsp3) is 0.700. The van der Waals surface area contributed by atoms with Crippen LogP contribution in [0.1, 0.15) is 46.5 Å². The lowest BCUT2D eigenvalue weighted by Gasteiger charge is -1.87. The molecule has 58 valence electrons. The lowest BCUT2D eigenvalue weighted by Crippen LogP contribution is -1.67. The van der Waals surface area contributed by atoms with E-state index in [0.29, 0.717) is 0 Å². The molecule has 10 heavy (non-hydrogen) atoms. The number of hydrogen-bond acceptors (Lipinski definition) is 0. The molecule has 0 atom stereocenters. The summed E-state index contributed by atoms with van der Waals surface area (Å²) in [4.78, 5) is 0. The fourth-order valence-electron chi connectivity index (χ4n) is 0.655. The Morgan fingerprint density at radius 1 is 1.40 bits per heavy atom. The van der Waals surface area contributed by atoms with Gasteiger partial charge in [0.1, 0.15) is 0 Å². The highest BCUT2D eigenvalue weighted by Crippen LogP contribution is 1.97. The van der Waals surface area contributed by atoms with Crippen LogP contribution in [0.3, 0.4) is 0 Å². The number of rotatable bonds is 4. The molecule has 0 fully saturated rings. The van der Waals surface area contributed by atoms with Crippen molar-refractivity contribution in [3.8, 4) is 0 Å². The van der Waals surface area contributed by atoms with Crippen LogP contribution < -0.4 is 0 Å². The van der Waals surface area contributed by atoms with Crippen molar-refractivity contribution in [2.24, 2.45) is 0 Å². The third kappa shape index (κ3) is 5.65. The van der Waals surface area contributed by atoms with Crippen LogP contribution in [0.5, 0.6) is 0 Å². The van der Waals surface area contributed by atoms with Gasteiger partial charge in [-0.15, -0.1) is 5.73 Å². The largest absolute Gasteiger partial charge is 0.126 e. The highest BCUT2D eigenvalue weighted by molar-refractivity contribution is 4.96. The van der Waals surface area contributed by atoms with Crippen molar-refractivity contribution in [1.29, 1.82) is 0 Å². The summed E-state index contributed by atoms with van der Waals surface area (Å²) < 4.78 is 0. The molecule has 0 saturated carbocycles. The monoisotopic (exact) mass is 138 g/mol. The van der Waals surface area contributed by atoms with Gasteiger partial charge in [-0.2, -0.15) is 0 Å². The van der Waals surface area contributed by atoms with Crippen LogP contribution in [0.4, 0.5) is 0 Å². The first-order chi connectivity index (χ1) is 4.81. The van der Waals surface area contributed by atoms with Gasteiger partial charge in [0.05, 0.1) is 0 Å². The summed E-state index contributed by atoms with van der Waals surface area (Å²) in [5.74, 6) is 0. The molecule has 0 amide bonds. The third-order valence-corrected chi connectivity index (χ3v) is 1.58. The molecule has 0 heterocycles. The number of unbranched alkanes of at least 4 members (excludes halogenated alkanes) is 2. The fourth-order valence-corrected chi connectivity index (χ4v) is 0.655. The molecule has 0 bridgehead atoms. The predicted octanol–water partition coefficient (Wildman–Crippen LogP) is 3.69. The zero-order valence-electron chi connectivity index (χ0n) is 7.41. The average molecular weight is 138 g/mol. The van der Waals surface area contributed by atoms with Crippen LogP contribution in [0.15, 0.2) is 17.4 Å². The summed E-state index contributed by atoms with van der Waals surface area (Å²) in [7, 11) is 0. The minimum atomic E-state index is 1.13. The molecule has 0 aliphatic heterocycles. The predicted molar refractivity (Wildman–Crippen MR) is 47.1 cm³/mol. The van der Waals surface area contributed by atoms with Crippen molar-refractivity contribution in [2.45, 2.75) is 46.5 Å². The van der Waals surface area contributed by atoms with Gasteiger partial charge in [-0.05, 0) is 37.8 Å². The van der Waals surface area contributed by atoms with Crippen molar-refractivity contribution in [1.82, 2.24) is 0 Å². The van der Waals surface area contributed by atoms with Gasteiger partial charge in [-0.3, -0.25) is 0 Å². The van der Waals surface area contributed by atoms with Gasteiger partial charge < -0.3 is 0 Å². The first kappa shape index (κ1) is 9.52. The molecule has 0 aromatic rings. The normalized spacial score (nSPS) is 8.70. The Bertz CT molecular complexity index is 125. The van der Waals surface area contributed by atoms with E-state index in [9.17, 15) is 0 Å². The Hall–Kier alpha value is -0.480. The third-order valence-electron chi connectivity index (χ3n) is 1.58. The average Bonchev–Trinajstić information content (AvgIpc) is 1.98. The molecule has 0 rings (SSSR count). The Labute approximate surface area is 64.6 Å². The maximum Gasteiger partial charge on any atom is -0.0274 e. The first-order valence-electron chi connectivity index (χ1n) is 4.21. The van der Waals surface area contributed by atoms with Gasteiger partial charge in [0.25, 0.3) is 0 Å². The molecule has 0 N–H and O–H groups in total. The lowest BCUT2D eigenvalue weighted by atomic mass is 10.2. The van der Waals surface area contributed by atoms with Crippen LogP contribution in [0.25, 0.3) is 0 Å². The topological polar surface area (TPSA) is 0 Å². The summed E-state index contributed by atoms with van der Waals surface area (Å²) in [5, 5.41) is 0. The van der Waals surface area contributed by atoms with Gasteiger partial charge >= 0.3 is 0 Å². The van der Waals surface area contributed by atoms with E-state index in [1.54, 1.807) is 0 Å². The zero-order valence-corrected chi connectivity index (χ0v) is 7.41. The minimum absolute atomic E-state index is 1.13. The van der Waals surface area contributed by atoms with Crippen molar-refractivity contribution in [3.63, 3.8) is 0 Å². The molecule has 0 aromatic carbocycles. The van der Waals surface area contributed by atoms with E-state index in [1.807, 2.05) is 0 Å². The van der Waals surface area contributed by atoms with Crippen molar-refractivity contribution in [2.75, 3.05) is 0 Å². The van der Waals surface area contributed by atoms with Crippen LogP contribution in [-0.2, 0) is 0 Å². The quantitative estimate of drug-likeness (QED) is 0.410. The molecule has 0 heteroatoms.